The van der Waals surface area contributed by atoms with Crippen molar-refractivity contribution in [1.29, 1.82) is 0 Å². The minimum absolute atomic E-state index is 0.0538. The topological polar surface area (TPSA) is 42.4 Å². The zero-order valence-electron chi connectivity index (χ0n) is 12.4. The molecular formula is C15H19F3N2O2. The normalized spacial score (nSPS) is 16.6. The lowest BCUT2D eigenvalue weighted by molar-refractivity contribution is -0.150. The number of ether oxygens (including phenoxy) is 1. The van der Waals surface area contributed by atoms with Crippen molar-refractivity contribution in [1.82, 2.24) is 9.88 Å². The summed E-state index contributed by atoms with van der Waals surface area (Å²) in [5.41, 5.74) is 1.04. The van der Waals surface area contributed by atoms with Crippen LogP contribution in [0.15, 0.2) is 18.3 Å². The van der Waals surface area contributed by atoms with Crippen molar-refractivity contribution in [2.45, 2.75) is 44.9 Å². The van der Waals surface area contributed by atoms with Crippen LogP contribution in [0.1, 0.15) is 31.2 Å². The number of pyridine rings is 1. The summed E-state index contributed by atoms with van der Waals surface area (Å²) >= 11 is 0. The predicted molar refractivity (Wildman–Crippen MR) is 74.5 cm³/mol. The van der Waals surface area contributed by atoms with E-state index in [9.17, 15) is 18.0 Å². The summed E-state index contributed by atoms with van der Waals surface area (Å²) in [6.07, 6.45) is -2.95. The second kappa shape index (κ2) is 6.98. The SMILES string of the molecule is Cc1ccc(OC2CCN(C(=O)CCC(F)(F)F)CC2)nc1. The van der Waals surface area contributed by atoms with Gasteiger partial charge in [-0.25, -0.2) is 4.98 Å². The van der Waals surface area contributed by atoms with Gasteiger partial charge in [-0.1, -0.05) is 6.07 Å². The lowest BCUT2D eigenvalue weighted by atomic mass is 10.1. The molecule has 1 aromatic rings. The molecule has 7 heteroatoms. The number of aryl methyl sites for hydroxylation is 1. The van der Waals surface area contributed by atoms with E-state index in [4.69, 9.17) is 4.74 Å². The largest absolute Gasteiger partial charge is 0.474 e. The first kappa shape index (κ1) is 16.6. The Morgan fingerprint density at radius 1 is 1.36 bits per heavy atom. The van der Waals surface area contributed by atoms with Gasteiger partial charge in [0.25, 0.3) is 0 Å². The van der Waals surface area contributed by atoms with Crippen LogP contribution in [0.2, 0.25) is 0 Å². The molecule has 1 aliphatic rings. The Morgan fingerprint density at radius 2 is 2.05 bits per heavy atom. The summed E-state index contributed by atoms with van der Waals surface area (Å²) in [5.74, 6) is 0.0942. The molecule has 1 aromatic heterocycles. The number of likely N-dealkylation sites (tertiary alicyclic amines) is 1. The molecular weight excluding hydrogens is 297 g/mol. The first-order chi connectivity index (χ1) is 10.3. The molecule has 2 rings (SSSR count). The third-order valence-corrected chi connectivity index (χ3v) is 3.59. The smallest absolute Gasteiger partial charge is 0.389 e. The molecule has 0 aromatic carbocycles. The summed E-state index contributed by atoms with van der Waals surface area (Å²) in [6.45, 7) is 2.78. The zero-order valence-corrected chi connectivity index (χ0v) is 12.4. The Morgan fingerprint density at radius 3 is 2.59 bits per heavy atom. The molecule has 0 spiro atoms. The van der Waals surface area contributed by atoms with Gasteiger partial charge in [0.05, 0.1) is 6.42 Å². The van der Waals surface area contributed by atoms with Gasteiger partial charge in [0, 0.05) is 44.6 Å². The molecule has 22 heavy (non-hydrogen) atoms. The fraction of sp³-hybridized carbons (Fsp3) is 0.600. The van der Waals surface area contributed by atoms with Crippen LogP contribution in [0, 0.1) is 6.92 Å². The fourth-order valence-corrected chi connectivity index (χ4v) is 2.32. The van der Waals surface area contributed by atoms with Gasteiger partial charge >= 0.3 is 6.18 Å². The average Bonchev–Trinajstić information content (AvgIpc) is 2.47. The van der Waals surface area contributed by atoms with Crippen molar-refractivity contribution < 1.29 is 22.7 Å². The Hall–Kier alpha value is -1.79. The van der Waals surface area contributed by atoms with E-state index in [2.05, 4.69) is 4.98 Å². The van der Waals surface area contributed by atoms with E-state index < -0.39 is 24.9 Å². The van der Waals surface area contributed by atoms with Crippen LogP contribution in [-0.2, 0) is 4.79 Å². The lowest BCUT2D eigenvalue weighted by Crippen LogP contribution is -2.42. The maximum Gasteiger partial charge on any atom is 0.389 e. The van der Waals surface area contributed by atoms with Gasteiger partial charge in [-0.3, -0.25) is 4.79 Å². The summed E-state index contributed by atoms with van der Waals surface area (Å²) < 4.78 is 42.1. The zero-order chi connectivity index (χ0) is 16.2. The van der Waals surface area contributed by atoms with E-state index >= 15 is 0 Å². The van der Waals surface area contributed by atoms with Gasteiger partial charge in [-0.15, -0.1) is 0 Å². The van der Waals surface area contributed by atoms with E-state index in [0.717, 1.165) is 5.56 Å². The minimum atomic E-state index is -4.28. The van der Waals surface area contributed by atoms with E-state index in [1.54, 1.807) is 12.3 Å². The molecule has 1 fully saturated rings. The lowest BCUT2D eigenvalue weighted by Gasteiger charge is -2.32. The number of alkyl halides is 3. The molecule has 0 N–H and O–H groups in total. The molecule has 1 amide bonds. The van der Waals surface area contributed by atoms with E-state index in [0.29, 0.717) is 31.8 Å². The van der Waals surface area contributed by atoms with Crippen LogP contribution < -0.4 is 4.74 Å². The molecule has 4 nitrogen and oxygen atoms in total. The average molecular weight is 316 g/mol. The number of halogens is 3. The highest BCUT2D eigenvalue weighted by molar-refractivity contribution is 5.76. The molecule has 0 unspecified atom stereocenters. The fourth-order valence-electron chi connectivity index (χ4n) is 2.32. The number of hydrogen-bond acceptors (Lipinski definition) is 3. The van der Waals surface area contributed by atoms with Crippen molar-refractivity contribution in [2.75, 3.05) is 13.1 Å². The first-order valence-electron chi connectivity index (χ1n) is 7.27. The Labute approximate surface area is 127 Å². The van der Waals surface area contributed by atoms with Gasteiger partial charge < -0.3 is 9.64 Å². The van der Waals surface area contributed by atoms with Crippen LogP contribution >= 0.6 is 0 Å². The number of piperidine rings is 1. The summed E-state index contributed by atoms with van der Waals surface area (Å²) in [5, 5.41) is 0. The number of rotatable bonds is 4. The van der Waals surface area contributed by atoms with Crippen molar-refractivity contribution in [3.63, 3.8) is 0 Å². The van der Waals surface area contributed by atoms with Crippen LogP contribution in [0.4, 0.5) is 13.2 Å². The Kier molecular flexibility index (Phi) is 5.26. The number of hydrogen-bond donors (Lipinski definition) is 0. The van der Waals surface area contributed by atoms with Crippen LogP contribution in [0.5, 0.6) is 5.88 Å². The van der Waals surface area contributed by atoms with Gasteiger partial charge in [-0.2, -0.15) is 13.2 Å². The number of amides is 1. The van der Waals surface area contributed by atoms with Crippen LogP contribution in [0.25, 0.3) is 0 Å². The van der Waals surface area contributed by atoms with Crippen LogP contribution in [0.3, 0.4) is 0 Å². The van der Waals surface area contributed by atoms with E-state index in [1.807, 2.05) is 13.0 Å². The summed E-state index contributed by atoms with van der Waals surface area (Å²) in [7, 11) is 0. The highest BCUT2D eigenvalue weighted by atomic mass is 19.4. The number of carbonyl (C=O) groups is 1. The van der Waals surface area contributed by atoms with E-state index in [-0.39, 0.29) is 6.10 Å². The quantitative estimate of drug-likeness (QED) is 0.857. The third kappa shape index (κ3) is 5.20. The molecule has 0 saturated carbocycles. The number of aromatic nitrogens is 1. The highest BCUT2D eigenvalue weighted by Crippen LogP contribution is 2.23. The molecule has 122 valence electrons. The minimum Gasteiger partial charge on any atom is -0.474 e. The van der Waals surface area contributed by atoms with Crippen molar-refractivity contribution in [2.24, 2.45) is 0 Å². The number of carbonyl (C=O) groups excluding carboxylic acids is 1. The highest BCUT2D eigenvalue weighted by Gasteiger charge is 2.30. The van der Waals surface area contributed by atoms with Crippen LogP contribution in [-0.4, -0.2) is 41.2 Å². The van der Waals surface area contributed by atoms with Gasteiger partial charge in [0.2, 0.25) is 11.8 Å². The van der Waals surface area contributed by atoms with Crippen molar-refractivity contribution in [3.8, 4) is 5.88 Å². The van der Waals surface area contributed by atoms with Crippen molar-refractivity contribution >= 4 is 5.91 Å². The maximum atomic E-state index is 12.1. The standard InChI is InChI=1S/C15H19F3N2O2/c1-11-2-3-13(19-10-11)22-12-5-8-20(9-6-12)14(21)4-7-15(16,17)18/h2-3,10,12H,4-9H2,1H3. The molecule has 0 atom stereocenters. The molecule has 0 bridgehead atoms. The van der Waals surface area contributed by atoms with Gasteiger partial charge in [0.15, 0.2) is 0 Å². The Bertz CT molecular complexity index is 495. The molecule has 0 aliphatic carbocycles. The second-order valence-electron chi connectivity index (χ2n) is 5.49. The van der Waals surface area contributed by atoms with Crippen molar-refractivity contribution in [3.05, 3.63) is 23.9 Å². The molecule has 1 aliphatic heterocycles. The molecule has 0 radical (unpaired) electrons. The predicted octanol–water partition coefficient (Wildman–Crippen LogP) is 3.10. The maximum absolute atomic E-state index is 12.1. The Balaban J connectivity index is 1.75. The second-order valence-corrected chi connectivity index (χ2v) is 5.49. The summed E-state index contributed by atoms with van der Waals surface area (Å²) in [6, 6.07) is 3.69. The van der Waals surface area contributed by atoms with Gasteiger partial charge in [-0.05, 0) is 12.5 Å². The molecule has 1 saturated heterocycles. The summed E-state index contributed by atoms with van der Waals surface area (Å²) in [4.78, 5) is 17.4. The number of nitrogens with zero attached hydrogens (tertiary/aromatic N) is 2. The third-order valence-electron chi connectivity index (χ3n) is 3.59. The first-order valence-corrected chi connectivity index (χ1v) is 7.27. The monoisotopic (exact) mass is 316 g/mol. The van der Waals surface area contributed by atoms with Gasteiger partial charge in [0.1, 0.15) is 6.10 Å². The molecule has 2 heterocycles. The van der Waals surface area contributed by atoms with E-state index in [1.165, 1.54) is 4.90 Å².